The van der Waals surface area contributed by atoms with E-state index < -0.39 is 22.2 Å². The van der Waals surface area contributed by atoms with Gasteiger partial charge in [-0.2, -0.15) is 4.31 Å². The van der Waals surface area contributed by atoms with Crippen LogP contribution in [-0.2, 0) is 14.8 Å². The van der Waals surface area contributed by atoms with Crippen LogP contribution in [0.3, 0.4) is 0 Å². The van der Waals surface area contributed by atoms with E-state index in [-0.39, 0.29) is 24.7 Å². The molecule has 20 heavy (non-hydrogen) atoms. The second-order valence-electron chi connectivity index (χ2n) is 4.77. The summed E-state index contributed by atoms with van der Waals surface area (Å²) in [6.45, 7) is 2.09. The third-order valence-electron chi connectivity index (χ3n) is 3.35. The molecule has 0 saturated carbocycles. The fourth-order valence-corrected chi connectivity index (χ4v) is 3.74. The van der Waals surface area contributed by atoms with E-state index in [9.17, 15) is 18.6 Å². The molecule has 1 aromatic rings. The summed E-state index contributed by atoms with van der Waals surface area (Å²) in [6.07, 6.45) is -0.639. The molecule has 1 saturated heterocycles. The predicted molar refractivity (Wildman–Crippen MR) is 72.7 cm³/mol. The van der Waals surface area contributed by atoms with Crippen molar-refractivity contribution < 1.29 is 23.4 Å². The summed E-state index contributed by atoms with van der Waals surface area (Å²) in [5.74, 6) is 0. The van der Waals surface area contributed by atoms with Crippen molar-refractivity contribution in [2.24, 2.45) is 0 Å². The Morgan fingerprint density at radius 2 is 2.05 bits per heavy atom. The lowest BCUT2D eigenvalue weighted by molar-refractivity contribution is 0.0109. The van der Waals surface area contributed by atoms with Gasteiger partial charge < -0.3 is 14.9 Å². The highest BCUT2D eigenvalue weighted by Crippen LogP contribution is 2.22. The number of aliphatic hydroxyl groups excluding tert-OH is 2. The summed E-state index contributed by atoms with van der Waals surface area (Å²) in [7, 11) is -3.65. The van der Waals surface area contributed by atoms with Crippen LogP contribution < -0.4 is 0 Å². The zero-order valence-electron chi connectivity index (χ0n) is 11.3. The zero-order chi connectivity index (χ0) is 14.8. The number of benzene rings is 1. The molecule has 1 aliphatic rings. The van der Waals surface area contributed by atoms with E-state index in [1.165, 1.54) is 16.4 Å². The topological polar surface area (TPSA) is 87.1 Å². The van der Waals surface area contributed by atoms with Crippen LogP contribution in [-0.4, -0.2) is 55.3 Å². The van der Waals surface area contributed by atoms with Gasteiger partial charge in [0.05, 0.1) is 36.9 Å². The number of morpholine rings is 1. The molecular formula is C13H19NO5S. The molecule has 1 heterocycles. The maximum Gasteiger partial charge on any atom is 0.243 e. The minimum atomic E-state index is -3.65. The minimum Gasteiger partial charge on any atom is -0.395 e. The fourth-order valence-electron chi connectivity index (χ4n) is 2.15. The average molecular weight is 301 g/mol. The Kier molecular flexibility index (Phi) is 4.77. The van der Waals surface area contributed by atoms with Crippen LogP contribution in [0.5, 0.6) is 0 Å². The summed E-state index contributed by atoms with van der Waals surface area (Å²) in [6, 6.07) is 5.57. The van der Waals surface area contributed by atoms with Crippen molar-refractivity contribution in [3.8, 4) is 0 Å². The molecule has 2 N–H and O–H groups in total. The van der Waals surface area contributed by atoms with Crippen molar-refractivity contribution >= 4 is 10.0 Å². The average Bonchev–Trinajstić information content (AvgIpc) is 2.47. The Morgan fingerprint density at radius 3 is 2.60 bits per heavy atom. The highest BCUT2D eigenvalue weighted by atomic mass is 32.2. The van der Waals surface area contributed by atoms with Crippen LogP contribution in [0.1, 0.15) is 18.6 Å². The van der Waals surface area contributed by atoms with E-state index in [2.05, 4.69) is 0 Å². The molecule has 0 aliphatic carbocycles. The highest BCUT2D eigenvalue weighted by molar-refractivity contribution is 7.89. The van der Waals surface area contributed by atoms with Crippen LogP contribution in [0.4, 0.5) is 0 Å². The van der Waals surface area contributed by atoms with Gasteiger partial charge in [0.2, 0.25) is 10.0 Å². The molecule has 7 heteroatoms. The van der Waals surface area contributed by atoms with Gasteiger partial charge in [0.15, 0.2) is 0 Å². The van der Waals surface area contributed by atoms with Gasteiger partial charge in [-0.1, -0.05) is 12.1 Å². The van der Waals surface area contributed by atoms with Gasteiger partial charge >= 0.3 is 0 Å². The quantitative estimate of drug-likeness (QED) is 0.825. The second kappa shape index (κ2) is 6.19. The van der Waals surface area contributed by atoms with Crippen LogP contribution in [0.15, 0.2) is 29.2 Å². The fraction of sp³-hybridized carbons (Fsp3) is 0.538. The lowest BCUT2D eigenvalue weighted by atomic mass is 10.1. The standard InChI is InChI=1S/C13H19NO5S/c1-10(16)11-2-4-13(5-3-11)20(17,18)14-6-7-19-9-12(14)8-15/h2-5,10,12,15-16H,6-9H2,1H3. The predicted octanol–water partition coefficient (Wildman–Crippen LogP) is 0.122. The summed E-state index contributed by atoms with van der Waals surface area (Å²) in [5.41, 5.74) is 0.657. The number of rotatable bonds is 4. The van der Waals surface area contributed by atoms with Gasteiger partial charge in [-0.3, -0.25) is 0 Å². The normalized spacial score (nSPS) is 22.6. The highest BCUT2D eigenvalue weighted by Gasteiger charge is 2.33. The second-order valence-corrected chi connectivity index (χ2v) is 6.66. The maximum atomic E-state index is 12.5. The van der Waals surface area contributed by atoms with Gasteiger partial charge in [0, 0.05) is 6.54 Å². The molecule has 112 valence electrons. The molecule has 1 fully saturated rings. The number of ether oxygens (including phenoxy) is 1. The summed E-state index contributed by atoms with van der Waals surface area (Å²) >= 11 is 0. The number of nitrogens with zero attached hydrogens (tertiary/aromatic N) is 1. The van der Waals surface area contributed by atoms with Crippen molar-refractivity contribution in [3.63, 3.8) is 0 Å². The van der Waals surface area contributed by atoms with Gasteiger partial charge in [-0.25, -0.2) is 8.42 Å². The molecule has 1 aliphatic heterocycles. The van der Waals surface area contributed by atoms with Crippen molar-refractivity contribution in [2.45, 2.75) is 24.0 Å². The molecule has 0 amide bonds. The van der Waals surface area contributed by atoms with Crippen LogP contribution in [0.25, 0.3) is 0 Å². The van der Waals surface area contributed by atoms with E-state index >= 15 is 0 Å². The maximum absolute atomic E-state index is 12.5. The molecule has 0 aromatic heterocycles. The first-order valence-electron chi connectivity index (χ1n) is 6.45. The van der Waals surface area contributed by atoms with E-state index in [1.54, 1.807) is 19.1 Å². The molecule has 2 unspecified atom stereocenters. The number of hydrogen-bond acceptors (Lipinski definition) is 5. The molecular weight excluding hydrogens is 282 g/mol. The van der Waals surface area contributed by atoms with E-state index in [4.69, 9.17) is 4.74 Å². The van der Waals surface area contributed by atoms with Crippen molar-refractivity contribution in [1.82, 2.24) is 4.31 Å². The lowest BCUT2D eigenvalue weighted by Crippen LogP contribution is -2.50. The Balaban J connectivity index is 2.29. The van der Waals surface area contributed by atoms with Crippen molar-refractivity contribution in [2.75, 3.05) is 26.4 Å². The third kappa shape index (κ3) is 3.02. The van der Waals surface area contributed by atoms with Gasteiger partial charge in [-0.05, 0) is 24.6 Å². The van der Waals surface area contributed by atoms with Crippen molar-refractivity contribution in [1.29, 1.82) is 0 Å². The molecule has 0 bridgehead atoms. The van der Waals surface area contributed by atoms with Gasteiger partial charge in [-0.15, -0.1) is 0 Å². The molecule has 1 aromatic carbocycles. The molecule has 2 atom stereocenters. The molecule has 0 radical (unpaired) electrons. The largest absolute Gasteiger partial charge is 0.395 e. The summed E-state index contributed by atoms with van der Waals surface area (Å²) in [4.78, 5) is 0.155. The smallest absolute Gasteiger partial charge is 0.243 e. The first-order chi connectivity index (χ1) is 9.46. The molecule has 2 rings (SSSR count). The van der Waals surface area contributed by atoms with E-state index in [0.29, 0.717) is 12.2 Å². The van der Waals surface area contributed by atoms with Crippen LogP contribution >= 0.6 is 0 Å². The Bertz CT molecular complexity index is 540. The van der Waals surface area contributed by atoms with Gasteiger partial charge in [0.1, 0.15) is 0 Å². The summed E-state index contributed by atoms with van der Waals surface area (Å²) in [5, 5.41) is 18.7. The monoisotopic (exact) mass is 301 g/mol. The van der Waals surface area contributed by atoms with E-state index in [0.717, 1.165) is 0 Å². The van der Waals surface area contributed by atoms with E-state index in [1.807, 2.05) is 0 Å². The van der Waals surface area contributed by atoms with Crippen LogP contribution in [0, 0.1) is 0 Å². The number of sulfonamides is 1. The Labute approximate surface area is 118 Å². The number of hydrogen-bond donors (Lipinski definition) is 2. The Morgan fingerprint density at radius 1 is 1.40 bits per heavy atom. The lowest BCUT2D eigenvalue weighted by Gasteiger charge is -2.33. The Hall–Kier alpha value is -0.990. The molecule has 0 spiro atoms. The van der Waals surface area contributed by atoms with Crippen LogP contribution in [0.2, 0.25) is 0 Å². The number of aliphatic hydroxyl groups is 2. The summed E-state index contributed by atoms with van der Waals surface area (Å²) < 4.78 is 31.5. The SMILES string of the molecule is CC(O)c1ccc(S(=O)(=O)N2CCOCC2CO)cc1. The first kappa shape index (κ1) is 15.4. The first-order valence-corrected chi connectivity index (χ1v) is 7.89. The minimum absolute atomic E-state index is 0.155. The zero-order valence-corrected chi connectivity index (χ0v) is 12.1. The van der Waals surface area contributed by atoms with Gasteiger partial charge in [0.25, 0.3) is 0 Å². The molecule has 6 nitrogen and oxygen atoms in total. The van der Waals surface area contributed by atoms with Crippen molar-refractivity contribution in [3.05, 3.63) is 29.8 Å². The third-order valence-corrected chi connectivity index (χ3v) is 5.32.